The van der Waals surface area contributed by atoms with Crippen molar-refractivity contribution in [2.75, 3.05) is 18.4 Å². The first-order valence-corrected chi connectivity index (χ1v) is 7.50. The average Bonchev–Trinajstić information content (AvgIpc) is 2.85. The van der Waals surface area contributed by atoms with Crippen molar-refractivity contribution in [1.29, 1.82) is 0 Å². The largest absolute Gasteiger partial charge is 0.444 e. The van der Waals surface area contributed by atoms with Gasteiger partial charge in [0, 0.05) is 30.8 Å². The number of ether oxygens (including phenoxy) is 1. The lowest BCUT2D eigenvalue weighted by Gasteiger charge is -2.30. The van der Waals surface area contributed by atoms with Gasteiger partial charge in [0.15, 0.2) is 5.82 Å². The predicted molar refractivity (Wildman–Crippen MR) is 86.2 cm³/mol. The highest BCUT2D eigenvalue weighted by Gasteiger charge is 2.28. The van der Waals surface area contributed by atoms with E-state index in [-0.39, 0.29) is 12.1 Å². The van der Waals surface area contributed by atoms with Gasteiger partial charge in [-0.15, -0.1) is 6.58 Å². The van der Waals surface area contributed by atoms with Gasteiger partial charge in [-0.1, -0.05) is 6.08 Å². The maximum Gasteiger partial charge on any atom is 0.410 e. The van der Waals surface area contributed by atoms with Crippen LogP contribution < -0.4 is 10.6 Å². The number of anilines is 1. The van der Waals surface area contributed by atoms with Gasteiger partial charge < -0.3 is 15.0 Å². The first-order chi connectivity index (χ1) is 10.8. The fourth-order valence-electron chi connectivity index (χ4n) is 2.20. The van der Waals surface area contributed by atoms with Gasteiger partial charge in [-0.25, -0.2) is 9.59 Å². The SMILES string of the molecule is C=CCNC(=O)Nc1n[nH]c2c1CN(C(=O)OC(C)(C)C)CC2. The molecule has 0 spiro atoms. The van der Waals surface area contributed by atoms with Crippen LogP contribution in [0.5, 0.6) is 0 Å². The van der Waals surface area contributed by atoms with Crippen LogP contribution >= 0.6 is 0 Å². The molecule has 0 bridgehead atoms. The summed E-state index contributed by atoms with van der Waals surface area (Å²) in [5, 5.41) is 12.3. The minimum absolute atomic E-state index is 0.345. The van der Waals surface area contributed by atoms with E-state index in [2.05, 4.69) is 27.4 Å². The first-order valence-electron chi connectivity index (χ1n) is 7.50. The van der Waals surface area contributed by atoms with Crippen LogP contribution in [0.15, 0.2) is 12.7 Å². The smallest absolute Gasteiger partial charge is 0.410 e. The number of hydrogen-bond donors (Lipinski definition) is 3. The van der Waals surface area contributed by atoms with Gasteiger partial charge in [-0.05, 0) is 20.8 Å². The Bertz CT molecular complexity index is 603. The monoisotopic (exact) mass is 321 g/mol. The number of aromatic amines is 1. The second-order valence-corrected chi connectivity index (χ2v) is 6.30. The number of hydrogen-bond acceptors (Lipinski definition) is 4. The molecule has 3 N–H and O–H groups in total. The van der Waals surface area contributed by atoms with Crippen LogP contribution in [0.1, 0.15) is 32.0 Å². The number of fused-ring (bicyclic) bond motifs is 1. The number of amides is 3. The van der Waals surface area contributed by atoms with E-state index in [1.54, 1.807) is 11.0 Å². The van der Waals surface area contributed by atoms with Crippen LogP contribution in [0.2, 0.25) is 0 Å². The molecule has 126 valence electrons. The minimum Gasteiger partial charge on any atom is -0.444 e. The zero-order valence-corrected chi connectivity index (χ0v) is 13.7. The van der Waals surface area contributed by atoms with Gasteiger partial charge in [0.05, 0.1) is 6.54 Å². The van der Waals surface area contributed by atoms with E-state index in [1.807, 2.05) is 20.8 Å². The Morgan fingerprint density at radius 3 is 2.87 bits per heavy atom. The van der Waals surface area contributed by atoms with Crippen LogP contribution in [0, 0.1) is 0 Å². The molecule has 2 heterocycles. The topological polar surface area (TPSA) is 99.4 Å². The third-order valence-electron chi connectivity index (χ3n) is 3.22. The number of nitrogens with one attached hydrogen (secondary N) is 3. The lowest BCUT2D eigenvalue weighted by atomic mass is 10.1. The maximum atomic E-state index is 12.2. The molecule has 2 rings (SSSR count). The van der Waals surface area contributed by atoms with Crippen LogP contribution in [-0.2, 0) is 17.7 Å². The summed E-state index contributed by atoms with van der Waals surface area (Å²) < 4.78 is 5.39. The molecule has 1 aromatic rings. The second-order valence-electron chi connectivity index (χ2n) is 6.30. The van der Waals surface area contributed by atoms with Gasteiger partial charge >= 0.3 is 12.1 Å². The summed E-state index contributed by atoms with van der Waals surface area (Å²) in [5.74, 6) is 0.426. The molecule has 0 fully saturated rings. The molecule has 0 aromatic carbocycles. The van der Waals surface area contributed by atoms with E-state index in [4.69, 9.17) is 4.74 Å². The fraction of sp³-hybridized carbons (Fsp3) is 0.533. The van der Waals surface area contributed by atoms with E-state index in [0.717, 1.165) is 11.3 Å². The molecule has 23 heavy (non-hydrogen) atoms. The molecule has 1 aromatic heterocycles. The third kappa shape index (κ3) is 4.48. The number of rotatable bonds is 3. The molecule has 8 nitrogen and oxygen atoms in total. The van der Waals surface area contributed by atoms with Crippen molar-refractivity contribution in [2.24, 2.45) is 0 Å². The zero-order chi connectivity index (χ0) is 17.0. The van der Waals surface area contributed by atoms with E-state index >= 15 is 0 Å². The van der Waals surface area contributed by atoms with Crippen molar-refractivity contribution in [1.82, 2.24) is 20.4 Å². The fourth-order valence-corrected chi connectivity index (χ4v) is 2.20. The minimum atomic E-state index is -0.542. The Morgan fingerprint density at radius 2 is 2.22 bits per heavy atom. The Kier molecular flexibility index (Phi) is 4.92. The van der Waals surface area contributed by atoms with Crippen molar-refractivity contribution in [3.63, 3.8) is 0 Å². The number of carbonyl (C=O) groups excluding carboxylic acids is 2. The zero-order valence-electron chi connectivity index (χ0n) is 13.7. The molecule has 0 aliphatic carbocycles. The van der Waals surface area contributed by atoms with Crippen molar-refractivity contribution >= 4 is 17.9 Å². The Morgan fingerprint density at radius 1 is 1.48 bits per heavy atom. The third-order valence-corrected chi connectivity index (χ3v) is 3.22. The number of aromatic nitrogens is 2. The first kappa shape index (κ1) is 16.9. The number of urea groups is 1. The number of nitrogens with zero attached hydrogens (tertiary/aromatic N) is 2. The molecule has 0 radical (unpaired) electrons. The van der Waals surface area contributed by atoms with Crippen molar-refractivity contribution in [2.45, 2.75) is 39.3 Å². The van der Waals surface area contributed by atoms with Crippen molar-refractivity contribution in [3.8, 4) is 0 Å². The quantitative estimate of drug-likeness (QED) is 0.742. The van der Waals surface area contributed by atoms with Gasteiger partial charge in [-0.3, -0.25) is 10.4 Å². The normalized spacial score (nSPS) is 14.0. The van der Waals surface area contributed by atoms with Gasteiger partial charge in [-0.2, -0.15) is 5.10 Å². The number of H-pyrrole nitrogens is 1. The summed E-state index contributed by atoms with van der Waals surface area (Å²) in [4.78, 5) is 25.5. The lowest BCUT2D eigenvalue weighted by Crippen LogP contribution is -2.40. The second kappa shape index (κ2) is 6.72. The molecule has 0 atom stereocenters. The van der Waals surface area contributed by atoms with Gasteiger partial charge in [0.25, 0.3) is 0 Å². The molecular weight excluding hydrogens is 298 g/mol. The summed E-state index contributed by atoms with van der Waals surface area (Å²) in [6, 6.07) is -0.367. The van der Waals surface area contributed by atoms with Gasteiger partial charge in [0.1, 0.15) is 5.60 Å². The molecule has 3 amide bonds. The molecule has 1 aliphatic rings. The van der Waals surface area contributed by atoms with Crippen molar-refractivity contribution < 1.29 is 14.3 Å². The summed E-state index contributed by atoms with van der Waals surface area (Å²) >= 11 is 0. The molecule has 0 saturated carbocycles. The summed E-state index contributed by atoms with van der Waals surface area (Å²) in [7, 11) is 0. The molecule has 8 heteroatoms. The van der Waals surface area contributed by atoms with Crippen molar-refractivity contribution in [3.05, 3.63) is 23.9 Å². The van der Waals surface area contributed by atoms with E-state index < -0.39 is 5.60 Å². The van der Waals surface area contributed by atoms with Crippen LogP contribution in [0.3, 0.4) is 0 Å². The average molecular weight is 321 g/mol. The highest BCUT2D eigenvalue weighted by Crippen LogP contribution is 2.25. The Hall–Kier alpha value is -2.51. The molecule has 0 saturated heterocycles. The van der Waals surface area contributed by atoms with Crippen LogP contribution in [0.4, 0.5) is 15.4 Å². The highest BCUT2D eigenvalue weighted by molar-refractivity contribution is 5.89. The summed E-state index contributed by atoms with van der Waals surface area (Å²) in [6.45, 7) is 10.3. The highest BCUT2D eigenvalue weighted by atomic mass is 16.6. The summed E-state index contributed by atoms with van der Waals surface area (Å²) in [6.07, 6.45) is 1.85. The van der Waals surface area contributed by atoms with E-state index in [0.29, 0.717) is 31.9 Å². The van der Waals surface area contributed by atoms with E-state index in [1.165, 1.54) is 0 Å². The molecule has 0 unspecified atom stereocenters. The molecular formula is C15H23N5O3. The predicted octanol–water partition coefficient (Wildman–Crippen LogP) is 2.01. The lowest BCUT2D eigenvalue weighted by molar-refractivity contribution is 0.0224. The molecule has 1 aliphatic heterocycles. The van der Waals surface area contributed by atoms with E-state index in [9.17, 15) is 9.59 Å². The summed E-state index contributed by atoms with van der Waals surface area (Å²) in [5.41, 5.74) is 1.18. The Balaban J connectivity index is 2.04. The standard InChI is InChI=1S/C15H23N5O3/c1-5-7-16-13(21)17-12-10-9-20(8-6-11(10)18-19-12)14(22)23-15(2,3)4/h5H,1,6-9H2,2-4H3,(H3,16,17,18,19,21). The van der Waals surface area contributed by atoms with Gasteiger partial charge in [0.2, 0.25) is 0 Å². The maximum absolute atomic E-state index is 12.2. The number of carbonyl (C=O) groups is 2. The Labute approximate surface area is 135 Å². The van der Waals surface area contributed by atoms with Crippen LogP contribution in [-0.4, -0.2) is 45.9 Å². The van der Waals surface area contributed by atoms with Crippen LogP contribution in [0.25, 0.3) is 0 Å².